The quantitative estimate of drug-likeness (QED) is 0.398. The monoisotopic (exact) mass is 337 g/mol. The van der Waals surface area contributed by atoms with Gasteiger partial charge in [-0.05, 0) is 0 Å². The molecule has 0 spiro atoms. The number of thioether (sulfide) groups is 1. The lowest BCUT2D eigenvalue weighted by Crippen LogP contribution is -2.26. The molecule has 1 aliphatic heterocycles. The zero-order valence-corrected chi connectivity index (χ0v) is 12.2. The number of nitrogens with one attached hydrogen (secondary N) is 3. The summed E-state index contributed by atoms with van der Waals surface area (Å²) in [6.45, 7) is 0.925. The molecule has 11 heteroatoms. The van der Waals surface area contributed by atoms with E-state index in [0.29, 0.717) is 31.1 Å². The Bertz CT molecular complexity index is 572. The number of imidazole rings is 1. The minimum atomic E-state index is -4.46. The number of rotatable bonds is 7. The Morgan fingerprint density at radius 2 is 2.27 bits per heavy atom. The number of nitrogens with zero attached hydrogens (tertiary/aromatic N) is 2. The van der Waals surface area contributed by atoms with Crippen LogP contribution in [-0.2, 0) is 11.9 Å². The van der Waals surface area contributed by atoms with E-state index in [0.717, 1.165) is 6.33 Å². The molecule has 7 nitrogen and oxygen atoms in total. The second kappa shape index (κ2) is 6.90. The summed E-state index contributed by atoms with van der Waals surface area (Å²) >= 11 is 1.28. The third-order valence-electron chi connectivity index (χ3n) is 2.95. The van der Waals surface area contributed by atoms with Gasteiger partial charge in [-0.3, -0.25) is 10.1 Å². The van der Waals surface area contributed by atoms with Gasteiger partial charge in [0.05, 0.1) is 23.4 Å². The first-order valence-electron chi connectivity index (χ1n) is 6.42. The van der Waals surface area contributed by atoms with Crippen LogP contribution in [0, 0.1) is 10.1 Å². The Morgan fingerprint density at radius 3 is 2.95 bits per heavy atom. The van der Waals surface area contributed by atoms with Crippen molar-refractivity contribution in [1.82, 2.24) is 20.6 Å². The molecule has 1 aliphatic rings. The van der Waals surface area contributed by atoms with Gasteiger partial charge >= 0.3 is 6.18 Å². The SMILES string of the molecule is O=[N+]([O-])C1=C(NCCSCc2[nH]cnc2C(F)(F)F)NCC1. The molecule has 0 saturated heterocycles. The van der Waals surface area contributed by atoms with E-state index in [1.165, 1.54) is 11.8 Å². The predicted molar refractivity (Wildman–Crippen MR) is 74.4 cm³/mol. The Kier molecular flexibility index (Phi) is 5.16. The molecule has 0 atom stereocenters. The van der Waals surface area contributed by atoms with E-state index in [2.05, 4.69) is 20.6 Å². The minimum absolute atomic E-state index is 0.0293. The summed E-state index contributed by atoms with van der Waals surface area (Å²) in [6, 6.07) is 0. The van der Waals surface area contributed by atoms with Crippen molar-refractivity contribution in [2.45, 2.75) is 18.3 Å². The molecular formula is C11H14F3N5O2S. The second-order valence-corrected chi connectivity index (χ2v) is 5.57. The summed E-state index contributed by atoms with van der Waals surface area (Å²) in [7, 11) is 0. The summed E-state index contributed by atoms with van der Waals surface area (Å²) < 4.78 is 37.8. The lowest BCUT2D eigenvalue weighted by molar-refractivity contribution is -0.427. The minimum Gasteiger partial charge on any atom is -0.366 e. The van der Waals surface area contributed by atoms with Crippen LogP contribution in [0.1, 0.15) is 17.8 Å². The summed E-state index contributed by atoms with van der Waals surface area (Å²) in [6.07, 6.45) is -3.09. The standard InChI is InChI=1S/C11H14F3N5O2S/c12-11(13,14)9-7(17-6-18-9)5-22-4-3-16-10-8(19(20)21)1-2-15-10/h6,15-16H,1-5H2,(H,17,18). The molecule has 0 radical (unpaired) electrons. The van der Waals surface area contributed by atoms with E-state index in [1.54, 1.807) is 0 Å². The van der Waals surface area contributed by atoms with Gasteiger partial charge in [0.15, 0.2) is 11.5 Å². The van der Waals surface area contributed by atoms with Crippen molar-refractivity contribution >= 4 is 11.8 Å². The van der Waals surface area contributed by atoms with E-state index in [4.69, 9.17) is 0 Å². The molecule has 2 rings (SSSR count). The van der Waals surface area contributed by atoms with Gasteiger partial charge in [0.2, 0.25) is 0 Å². The summed E-state index contributed by atoms with van der Waals surface area (Å²) in [5, 5.41) is 16.5. The molecule has 2 heterocycles. The van der Waals surface area contributed by atoms with E-state index < -0.39 is 16.8 Å². The van der Waals surface area contributed by atoms with Gasteiger partial charge < -0.3 is 15.6 Å². The maximum Gasteiger partial charge on any atom is 0.435 e. The molecule has 22 heavy (non-hydrogen) atoms. The molecule has 0 aliphatic carbocycles. The third kappa shape index (κ3) is 4.06. The van der Waals surface area contributed by atoms with Crippen molar-refractivity contribution in [2.24, 2.45) is 0 Å². The van der Waals surface area contributed by atoms with Gasteiger partial charge in [0.25, 0.3) is 5.70 Å². The second-order valence-electron chi connectivity index (χ2n) is 4.46. The lowest BCUT2D eigenvalue weighted by Gasteiger charge is -2.08. The average Bonchev–Trinajstić information content (AvgIpc) is 3.05. The van der Waals surface area contributed by atoms with Gasteiger partial charge in [-0.15, -0.1) is 0 Å². The Hall–Kier alpha value is -1.91. The van der Waals surface area contributed by atoms with Crippen LogP contribution >= 0.6 is 11.8 Å². The Labute approximate surface area is 127 Å². The van der Waals surface area contributed by atoms with Crippen LogP contribution in [0.15, 0.2) is 17.8 Å². The predicted octanol–water partition coefficient (Wildman–Crippen LogP) is 1.69. The maximum atomic E-state index is 12.6. The van der Waals surface area contributed by atoms with Crippen LogP contribution in [-0.4, -0.2) is 33.7 Å². The first-order chi connectivity index (χ1) is 10.4. The van der Waals surface area contributed by atoms with Crippen LogP contribution < -0.4 is 10.6 Å². The molecule has 0 unspecified atom stereocenters. The zero-order chi connectivity index (χ0) is 16.2. The molecule has 1 aromatic heterocycles. The van der Waals surface area contributed by atoms with Crippen LogP contribution in [0.25, 0.3) is 0 Å². The fourth-order valence-electron chi connectivity index (χ4n) is 1.98. The number of hydrogen-bond donors (Lipinski definition) is 3. The highest BCUT2D eigenvalue weighted by Crippen LogP contribution is 2.31. The highest BCUT2D eigenvalue weighted by molar-refractivity contribution is 7.98. The van der Waals surface area contributed by atoms with E-state index >= 15 is 0 Å². The fraction of sp³-hybridized carbons (Fsp3) is 0.545. The van der Waals surface area contributed by atoms with Gasteiger partial charge in [-0.25, -0.2) is 4.98 Å². The molecule has 0 amide bonds. The van der Waals surface area contributed by atoms with Crippen molar-refractivity contribution in [1.29, 1.82) is 0 Å². The number of alkyl halides is 3. The van der Waals surface area contributed by atoms with Crippen LogP contribution in [0.5, 0.6) is 0 Å². The first kappa shape index (κ1) is 16.5. The van der Waals surface area contributed by atoms with Crippen LogP contribution in [0.2, 0.25) is 0 Å². The average molecular weight is 337 g/mol. The third-order valence-corrected chi connectivity index (χ3v) is 3.94. The number of halogens is 3. The Balaban J connectivity index is 1.76. The topological polar surface area (TPSA) is 95.9 Å². The van der Waals surface area contributed by atoms with Gasteiger partial charge in [0.1, 0.15) is 0 Å². The smallest absolute Gasteiger partial charge is 0.366 e. The molecule has 0 aromatic carbocycles. The highest BCUT2D eigenvalue weighted by atomic mass is 32.2. The van der Waals surface area contributed by atoms with E-state index in [1.807, 2.05) is 0 Å². The van der Waals surface area contributed by atoms with Crippen molar-refractivity contribution < 1.29 is 18.1 Å². The summed E-state index contributed by atoms with van der Waals surface area (Å²) in [5.41, 5.74) is -0.761. The molecule has 0 fully saturated rings. The molecule has 0 bridgehead atoms. The lowest BCUT2D eigenvalue weighted by atomic mass is 10.3. The molecule has 1 aromatic rings. The normalized spacial score (nSPS) is 15.0. The van der Waals surface area contributed by atoms with Crippen molar-refractivity contribution in [3.05, 3.63) is 39.3 Å². The first-order valence-corrected chi connectivity index (χ1v) is 7.57. The maximum absolute atomic E-state index is 12.6. The molecular weight excluding hydrogens is 323 g/mol. The van der Waals surface area contributed by atoms with Gasteiger partial charge in [0, 0.05) is 24.6 Å². The van der Waals surface area contributed by atoms with Crippen LogP contribution in [0.4, 0.5) is 13.2 Å². The zero-order valence-electron chi connectivity index (χ0n) is 11.4. The van der Waals surface area contributed by atoms with E-state index in [-0.39, 0.29) is 17.1 Å². The number of hydrogen-bond acceptors (Lipinski definition) is 6. The molecule has 122 valence electrons. The molecule has 0 saturated carbocycles. The summed E-state index contributed by atoms with van der Waals surface area (Å²) in [4.78, 5) is 16.1. The van der Waals surface area contributed by atoms with Gasteiger partial charge in [-0.2, -0.15) is 24.9 Å². The van der Waals surface area contributed by atoms with Crippen molar-refractivity contribution in [3.8, 4) is 0 Å². The van der Waals surface area contributed by atoms with E-state index in [9.17, 15) is 23.3 Å². The van der Waals surface area contributed by atoms with Gasteiger partial charge in [-0.1, -0.05) is 0 Å². The van der Waals surface area contributed by atoms with Crippen molar-refractivity contribution in [3.63, 3.8) is 0 Å². The largest absolute Gasteiger partial charge is 0.435 e. The fourth-order valence-corrected chi connectivity index (χ4v) is 2.79. The van der Waals surface area contributed by atoms with Crippen LogP contribution in [0.3, 0.4) is 0 Å². The Morgan fingerprint density at radius 1 is 1.50 bits per heavy atom. The summed E-state index contributed by atoms with van der Waals surface area (Å²) in [5.74, 6) is 1.04. The molecule has 3 N–H and O–H groups in total. The highest BCUT2D eigenvalue weighted by Gasteiger charge is 2.36. The number of aromatic amines is 1. The number of aromatic nitrogens is 2. The van der Waals surface area contributed by atoms with Crippen molar-refractivity contribution in [2.75, 3.05) is 18.8 Å². The number of H-pyrrole nitrogens is 1. The number of nitro groups is 1.